The number of halogens is 1. The van der Waals surface area contributed by atoms with E-state index in [0.717, 1.165) is 10.0 Å². The van der Waals surface area contributed by atoms with Crippen molar-refractivity contribution >= 4 is 27.9 Å². The number of methoxy groups -OCH3 is 1. The van der Waals surface area contributed by atoms with E-state index in [4.69, 9.17) is 9.47 Å². The molecule has 0 aliphatic heterocycles. The average molecular weight is 343 g/mol. The number of ether oxygens (including phenoxy) is 2. The fraction of sp³-hybridized carbons (Fsp3) is 0.429. The first kappa shape index (κ1) is 14.8. The third-order valence-electron chi connectivity index (χ3n) is 3.56. The SMILES string of the molecule is CCOC(=O)[C@@]1(C(=O)O)CC1c1cc(OC)ccc1Br. The molecule has 20 heavy (non-hydrogen) atoms. The van der Waals surface area contributed by atoms with Gasteiger partial charge in [-0.25, -0.2) is 0 Å². The maximum Gasteiger partial charge on any atom is 0.324 e. The van der Waals surface area contributed by atoms with Gasteiger partial charge in [-0.3, -0.25) is 9.59 Å². The van der Waals surface area contributed by atoms with Gasteiger partial charge in [-0.1, -0.05) is 15.9 Å². The normalized spacial score (nSPS) is 24.1. The fourth-order valence-electron chi connectivity index (χ4n) is 2.36. The summed E-state index contributed by atoms with van der Waals surface area (Å²) in [5.41, 5.74) is -0.718. The van der Waals surface area contributed by atoms with Crippen molar-refractivity contribution in [2.75, 3.05) is 13.7 Å². The summed E-state index contributed by atoms with van der Waals surface area (Å²) in [6.07, 6.45) is 0.243. The van der Waals surface area contributed by atoms with E-state index in [1.165, 1.54) is 7.11 Å². The molecule has 1 aliphatic carbocycles. The summed E-state index contributed by atoms with van der Waals surface area (Å²) in [5.74, 6) is -1.59. The lowest BCUT2D eigenvalue weighted by Crippen LogP contribution is -2.29. The summed E-state index contributed by atoms with van der Waals surface area (Å²) in [5, 5.41) is 9.40. The van der Waals surface area contributed by atoms with Gasteiger partial charge in [-0.2, -0.15) is 0 Å². The van der Waals surface area contributed by atoms with E-state index in [0.29, 0.717) is 5.75 Å². The standard InChI is InChI=1S/C14H15BrO5/c1-3-20-13(18)14(12(16)17)7-10(14)9-6-8(19-2)4-5-11(9)15/h4-6,10H,3,7H2,1-2H3,(H,16,17)/t10?,14-/m0/s1. The number of hydrogen-bond donors (Lipinski definition) is 1. The molecule has 108 valence electrons. The van der Waals surface area contributed by atoms with Crippen LogP contribution < -0.4 is 4.74 Å². The molecule has 0 spiro atoms. The summed E-state index contributed by atoms with van der Waals surface area (Å²) in [6.45, 7) is 1.83. The van der Waals surface area contributed by atoms with Gasteiger partial charge in [-0.05, 0) is 37.1 Å². The van der Waals surface area contributed by atoms with Gasteiger partial charge in [-0.15, -0.1) is 0 Å². The van der Waals surface area contributed by atoms with Crippen molar-refractivity contribution in [3.8, 4) is 5.75 Å². The van der Waals surface area contributed by atoms with Crippen molar-refractivity contribution in [1.29, 1.82) is 0 Å². The van der Waals surface area contributed by atoms with E-state index < -0.39 is 23.3 Å². The third-order valence-corrected chi connectivity index (χ3v) is 4.28. The number of rotatable bonds is 5. The van der Waals surface area contributed by atoms with Gasteiger partial charge in [0.25, 0.3) is 0 Å². The molecular formula is C14H15BrO5. The number of carbonyl (C=O) groups excluding carboxylic acids is 1. The van der Waals surface area contributed by atoms with Crippen LogP contribution in [0.25, 0.3) is 0 Å². The van der Waals surface area contributed by atoms with E-state index in [1.54, 1.807) is 25.1 Å². The summed E-state index contributed by atoms with van der Waals surface area (Å²) >= 11 is 3.39. The summed E-state index contributed by atoms with van der Waals surface area (Å²) in [7, 11) is 1.54. The van der Waals surface area contributed by atoms with Crippen molar-refractivity contribution in [1.82, 2.24) is 0 Å². The van der Waals surface area contributed by atoms with E-state index in [1.807, 2.05) is 0 Å². The van der Waals surface area contributed by atoms with Crippen LogP contribution in [0.2, 0.25) is 0 Å². The van der Waals surface area contributed by atoms with Crippen LogP contribution in [0.3, 0.4) is 0 Å². The quantitative estimate of drug-likeness (QED) is 0.657. The van der Waals surface area contributed by atoms with Crippen LogP contribution in [-0.4, -0.2) is 30.8 Å². The van der Waals surface area contributed by atoms with E-state index in [-0.39, 0.29) is 13.0 Å². The van der Waals surface area contributed by atoms with Crippen molar-refractivity contribution < 1.29 is 24.2 Å². The predicted octanol–water partition coefficient (Wildman–Crippen LogP) is 2.58. The minimum absolute atomic E-state index is 0.167. The number of benzene rings is 1. The highest BCUT2D eigenvalue weighted by Gasteiger charge is 2.68. The second-order valence-electron chi connectivity index (χ2n) is 4.64. The molecule has 1 aromatic rings. The number of hydrogen-bond acceptors (Lipinski definition) is 4. The van der Waals surface area contributed by atoms with Gasteiger partial charge in [0.15, 0.2) is 5.41 Å². The van der Waals surface area contributed by atoms with Crippen LogP contribution in [0.15, 0.2) is 22.7 Å². The Hall–Kier alpha value is -1.56. The third kappa shape index (κ3) is 2.28. The average Bonchev–Trinajstić information content (AvgIpc) is 3.16. The summed E-state index contributed by atoms with van der Waals surface area (Å²) in [4.78, 5) is 23.5. The molecule has 6 heteroatoms. The lowest BCUT2D eigenvalue weighted by Gasteiger charge is -2.13. The minimum atomic E-state index is -1.47. The van der Waals surface area contributed by atoms with Crippen LogP contribution in [0.1, 0.15) is 24.8 Å². The Balaban J connectivity index is 2.36. The Labute approximate surface area is 125 Å². The van der Waals surface area contributed by atoms with Crippen LogP contribution in [0.4, 0.5) is 0 Å². The Bertz CT molecular complexity index is 556. The molecule has 1 aliphatic rings. The van der Waals surface area contributed by atoms with Crippen LogP contribution in [-0.2, 0) is 14.3 Å². The van der Waals surface area contributed by atoms with Gasteiger partial charge >= 0.3 is 11.9 Å². The van der Waals surface area contributed by atoms with Gasteiger partial charge in [0.2, 0.25) is 0 Å². The molecule has 0 bridgehead atoms. The number of carboxylic acids is 1. The largest absolute Gasteiger partial charge is 0.497 e. The number of esters is 1. The predicted molar refractivity (Wildman–Crippen MR) is 74.8 cm³/mol. The number of carbonyl (C=O) groups is 2. The molecule has 1 saturated carbocycles. The van der Waals surface area contributed by atoms with E-state index in [2.05, 4.69) is 15.9 Å². The molecule has 0 radical (unpaired) electrons. The highest BCUT2D eigenvalue weighted by molar-refractivity contribution is 9.10. The van der Waals surface area contributed by atoms with E-state index >= 15 is 0 Å². The highest BCUT2D eigenvalue weighted by atomic mass is 79.9. The molecule has 0 saturated heterocycles. The van der Waals surface area contributed by atoms with Crippen molar-refractivity contribution in [3.63, 3.8) is 0 Å². The van der Waals surface area contributed by atoms with Crippen molar-refractivity contribution in [2.24, 2.45) is 5.41 Å². The minimum Gasteiger partial charge on any atom is -0.497 e. The molecule has 1 fully saturated rings. The summed E-state index contributed by atoms with van der Waals surface area (Å²) < 4.78 is 10.8. The zero-order valence-corrected chi connectivity index (χ0v) is 12.8. The Morgan fingerprint density at radius 3 is 2.75 bits per heavy atom. The molecule has 0 aromatic heterocycles. The Morgan fingerprint density at radius 1 is 1.50 bits per heavy atom. The van der Waals surface area contributed by atoms with Crippen LogP contribution in [0, 0.1) is 5.41 Å². The zero-order chi connectivity index (χ0) is 14.9. The zero-order valence-electron chi connectivity index (χ0n) is 11.2. The lowest BCUT2D eigenvalue weighted by atomic mass is 9.99. The molecule has 1 N–H and O–H groups in total. The highest BCUT2D eigenvalue weighted by Crippen LogP contribution is 2.61. The molecule has 0 heterocycles. The molecule has 1 aromatic carbocycles. The van der Waals surface area contributed by atoms with Gasteiger partial charge in [0, 0.05) is 10.4 Å². The Kier molecular flexibility index (Phi) is 4.04. The Morgan fingerprint density at radius 2 is 2.20 bits per heavy atom. The van der Waals surface area contributed by atoms with Crippen molar-refractivity contribution in [3.05, 3.63) is 28.2 Å². The fourth-order valence-corrected chi connectivity index (χ4v) is 2.89. The molecule has 2 atom stereocenters. The van der Waals surface area contributed by atoms with Gasteiger partial charge < -0.3 is 14.6 Å². The smallest absolute Gasteiger partial charge is 0.324 e. The number of aliphatic carboxylic acids is 1. The molecule has 0 amide bonds. The monoisotopic (exact) mass is 342 g/mol. The topological polar surface area (TPSA) is 72.8 Å². The van der Waals surface area contributed by atoms with E-state index in [9.17, 15) is 14.7 Å². The van der Waals surface area contributed by atoms with Gasteiger partial charge in [0.1, 0.15) is 5.75 Å². The van der Waals surface area contributed by atoms with Crippen molar-refractivity contribution in [2.45, 2.75) is 19.3 Å². The van der Waals surface area contributed by atoms with Crippen LogP contribution in [0.5, 0.6) is 5.75 Å². The molecule has 5 nitrogen and oxygen atoms in total. The molecular weight excluding hydrogens is 328 g/mol. The van der Waals surface area contributed by atoms with Gasteiger partial charge in [0.05, 0.1) is 13.7 Å². The summed E-state index contributed by atoms with van der Waals surface area (Å²) in [6, 6.07) is 5.30. The molecule has 1 unspecified atom stereocenters. The maximum atomic E-state index is 12.0. The maximum absolute atomic E-state index is 12.0. The lowest BCUT2D eigenvalue weighted by molar-refractivity contribution is -0.161. The first-order chi connectivity index (χ1) is 9.47. The molecule has 2 rings (SSSR count). The number of carboxylic acid groups (broad SMARTS) is 1. The first-order valence-corrected chi connectivity index (χ1v) is 7.00. The second-order valence-corrected chi connectivity index (χ2v) is 5.50. The van der Waals surface area contributed by atoms with Crippen LogP contribution >= 0.6 is 15.9 Å². The second kappa shape index (κ2) is 5.44. The first-order valence-electron chi connectivity index (χ1n) is 6.21.